The van der Waals surface area contributed by atoms with Crippen LogP contribution in [0, 0.1) is 0 Å². The van der Waals surface area contributed by atoms with Crippen LogP contribution in [0.2, 0.25) is 10.0 Å². The SMILES string of the molecule is C[C@H](NC(=O)COC(=O)CCNC(=O)OC(C)(C)C)c1ccc(Cl)cc1Cl. The summed E-state index contributed by atoms with van der Waals surface area (Å²) in [6.45, 7) is 6.57. The summed E-state index contributed by atoms with van der Waals surface area (Å²) in [5, 5.41) is 6.04. The Bertz CT molecular complexity index is 689. The van der Waals surface area contributed by atoms with Crippen molar-refractivity contribution in [2.45, 2.75) is 45.8 Å². The third-order valence-electron chi connectivity index (χ3n) is 3.17. The summed E-state index contributed by atoms with van der Waals surface area (Å²) in [6.07, 6.45) is -0.702. The summed E-state index contributed by atoms with van der Waals surface area (Å²) >= 11 is 11.9. The van der Waals surface area contributed by atoms with Gasteiger partial charge in [-0.25, -0.2) is 4.79 Å². The average Bonchev–Trinajstić information content (AvgIpc) is 2.51. The van der Waals surface area contributed by atoms with E-state index >= 15 is 0 Å². The lowest BCUT2D eigenvalue weighted by Crippen LogP contribution is -2.34. The molecule has 7 nitrogen and oxygen atoms in total. The molecule has 0 saturated heterocycles. The molecule has 1 atom stereocenters. The molecule has 0 unspecified atom stereocenters. The van der Waals surface area contributed by atoms with Gasteiger partial charge in [-0.05, 0) is 45.4 Å². The van der Waals surface area contributed by atoms with Crippen molar-refractivity contribution in [1.29, 1.82) is 0 Å². The zero-order chi connectivity index (χ0) is 20.6. The van der Waals surface area contributed by atoms with E-state index in [1.165, 1.54) is 0 Å². The molecule has 0 saturated carbocycles. The predicted molar refractivity (Wildman–Crippen MR) is 103 cm³/mol. The van der Waals surface area contributed by atoms with E-state index in [1.807, 2.05) is 0 Å². The molecule has 0 aliphatic carbocycles. The molecule has 1 aromatic carbocycles. The molecule has 9 heteroatoms. The maximum absolute atomic E-state index is 11.9. The van der Waals surface area contributed by atoms with Gasteiger partial charge in [-0.1, -0.05) is 29.3 Å². The number of hydrogen-bond donors (Lipinski definition) is 2. The molecule has 0 heterocycles. The Hall–Kier alpha value is -1.99. The van der Waals surface area contributed by atoms with Crippen LogP contribution in [0.3, 0.4) is 0 Å². The van der Waals surface area contributed by atoms with Crippen LogP contribution < -0.4 is 10.6 Å². The third-order valence-corrected chi connectivity index (χ3v) is 3.73. The number of halogens is 2. The van der Waals surface area contributed by atoms with Crippen LogP contribution in [-0.4, -0.2) is 36.7 Å². The number of alkyl carbamates (subject to hydrolysis) is 1. The van der Waals surface area contributed by atoms with Gasteiger partial charge in [0, 0.05) is 16.6 Å². The van der Waals surface area contributed by atoms with Gasteiger partial charge >= 0.3 is 12.1 Å². The lowest BCUT2D eigenvalue weighted by molar-refractivity contribution is -0.148. The van der Waals surface area contributed by atoms with Gasteiger partial charge in [0.2, 0.25) is 0 Å². The first-order valence-corrected chi connectivity index (χ1v) is 9.10. The van der Waals surface area contributed by atoms with E-state index in [2.05, 4.69) is 10.6 Å². The molecule has 2 amide bonds. The number of hydrogen-bond acceptors (Lipinski definition) is 5. The molecule has 0 aromatic heterocycles. The topological polar surface area (TPSA) is 93.7 Å². The van der Waals surface area contributed by atoms with Crippen LogP contribution in [0.15, 0.2) is 18.2 Å². The van der Waals surface area contributed by atoms with Crippen molar-refractivity contribution in [3.05, 3.63) is 33.8 Å². The molecule has 1 aromatic rings. The van der Waals surface area contributed by atoms with Gasteiger partial charge in [-0.2, -0.15) is 0 Å². The maximum atomic E-state index is 11.9. The first-order valence-electron chi connectivity index (χ1n) is 8.34. The van der Waals surface area contributed by atoms with E-state index in [1.54, 1.807) is 45.9 Å². The molecule has 0 aliphatic rings. The van der Waals surface area contributed by atoms with Crippen LogP contribution in [0.4, 0.5) is 4.79 Å². The summed E-state index contributed by atoms with van der Waals surface area (Å²) < 4.78 is 9.91. The van der Waals surface area contributed by atoms with E-state index in [4.69, 9.17) is 32.7 Å². The Morgan fingerprint density at radius 2 is 1.85 bits per heavy atom. The van der Waals surface area contributed by atoms with Gasteiger partial charge in [-0.15, -0.1) is 0 Å². The molecule has 0 bridgehead atoms. The minimum absolute atomic E-state index is 0.0478. The number of benzene rings is 1. The van der Waals surface area contributed by atoms with Gasteiger partial charge in [0.25, 0.3) is 5.91 Å². The van der Waals surface area contributed by atoms with Gasteiger partial charge in [-0.3, -0.25) is 9.59 Å². The molecular formula is C18H24Cl2N2O5. The molecule has 2 N–H and O–H groups in total. The van der Waals surface area contributed by atoms with E-state index in [9.17, 15) is 14.4 Å². The van der Waals surface area contributed by atoms with Gasteiger partial charge in [0.05, 0.1) is 12.5 Å². The van der Waals surface area contributed by atoms with Crippen molar-refractivity contribution < 1.29 is 23.9 Å². The summed E-state index contributed by atoms with van der Waals surface area (Å²) in [6, 6.07) is 4.58. The quantitative estimate of drug-likeness (QED) is 0.659. The average molecular weight is 419 g/mol. The second-order valence-corrected chi connectivity index (χ2v) is 7.64. The number of amides is 2. The van der Waals surface area contributed by atoms with Crippen LogP contribution in [0.5, 0.6) is 0 Å². The normalized spacial score (nSPS) is 12.1. The molecular weight excluding hydrogens is 395 g/mol. The number of carbonyl (C=O) groups excluding carboxylic acids is 3. The van der Waals surface area contributed by atoms with Crippen molar-refractivity contribution in [3.8, 4) is 0 Å². The fourth-order valence-corrected chi connectivity index (χ4v) is 2.58. The van der Waals surface area contributed by atoms with Gasteiger partial charge in [0.1, 0.15) is 5.60 Å². The fraction of sp³-hybridized carbons (Fsp3) is 0.500. The van der Waals surface area contributed by atoms with Crippen molar-refractivity contribution in [1.82, 2.24) is 10.6 Å². The zero-order valence-electron chi connectivity index (χ0n) is 15.7. The first kappa shape index (κ1) is 23.0. The smallest absolute Gasteiger partial charge is 0.407 e. The van der Waals surface area contributed by atoms with Crippen molar-refractivity contribution in [2.75, 3.05) is 13.2 Å². The summed E-state index contributed by atoms with van der Waals surface area (Å²) in [4.78, 5) is 35.0. The van der Waals surface area contributed by atoms with Crippen LogP contribution in [0.25, 0.3) is 0 Å². The number of esters is 1. The summed E-state index contributed by atoms with van der Waals surface area (Å²) in [7, 11) is 0. The monoisotopic (exact) mass is 418 g/mol. The molecule has 27 heavy (non-hydrogen) atoms. The lowest BCUT2D eigenvalue weighted by atomic mass is 10.1. The fourth-order valence-electron chi connectivity index (χ4n) is 2.01. The Labute approximate surface area is 168 Å². The lowest BCUT2D eigenvalue weighted by Gasteiger charge is -2.19. The van der Waals surface area contributed by atoms with Crippen molar-refractivity contribution in [3.63, 3.8) is 0 Å². The number of carbonyl (C=O) groups is 3. The molecule has 0 fully saturated rings. The Morgan fingerprint density at radius 3 is 2.44 bits per heavy atom. The highest BCUT2D eigenvalue weighted by Gasteiger charge is 2.17. The molecule has 0 radical (unpaired) electrons. The Balaban J connectivity index is 2.31. The number of nitrogens with one attached hydrogen (secondary N) is 2. The second-order valence-electron chi connectivity index (χ2n) is 6.79. The number of rotatable bonds is 7. The number of ether oxygens (including phenoxy) is 2. The van der Waals surface area contributed by atoms with Crippen LogP contribution >= 0.6 is 23.2 Å². The standard InChI is InChI=1S/C18H24Cl2N2O5/c1-11(13-6-5-12(19)9-14(13)20)22-15(23)10-26-16(24)7-8-21-17(25)27-18(2,3)4/h5-6,9,11H,7-8,10H2,1-4H3,(H,21,25)(H,22,23)/t11-/m0/s1. The van der Waals surface area contributed by atoms with E-state index in [0.717, 1.165) is 0 Å². The Kier molecular flexibility index (Phi) is 8.85. The highest BCUT2D eigenvalue weighted by atomic mass is 35.5. The molecule has 0 spiro atoms. The van der Waals surface area contributed by atoms with Crippen LogP contribution in [-0.2, 0) is 19.1 Å². The second kappa shape index (κ2) is 10.4. The van der Waals surface area contributed by atoms with Crippen molar-refractivity contribution >= 4 is 41.2 Å². The summed E-state index contributed by atoms with van der Waals surface area (Å²) in [5.74, 6) is -1.08. The third kappa shape index (κ3) is 9.49. The van der Waals surface area contributed by atoms with Gasteiger partial charge < -0.3 is 20.1 Å². The minimum atomic E-state index is -0.623. The first-order chi connectivity index (χ1) is 12.5. The minimum Gasteiger partial charge on any atom is -0.456 e. The van der Waals surface area contributed by atoms with E-state index < -0.39 is 30.2 Å². The van der Waals surface area contributed by atoms with Gasteiger partial charge in [0.15, 0.2) is 6.61 Å². The largest absolute Gasteiger partial charge is 0.456 e. The predicted octanol–water partition coefficient (Wildman–Crippen LogP) is 3.63. The Morgan fingerprint density at radius 1 is 1.19 bits per heavy atom. The maximum Gasteiger partial charge on any atom is 0.407 e. The highest BCUT2D eigenvalue weighted by molar-refractivity contribution is 6.35. The van der Waals surface area contributed by atoms with E-state index in [0.29, 0.717) is 15.6 Å². The molecule has 0 aliphatic heterocycles. The van der Waals surface area contributed by atoms with E-state index in [-0.39, 0.29) is 19.0 Å². The van der Waals surface area contributed by atoms with Crippen LogP contribution in [0.1, 0.15) is 45.7 Å². The molecule has 150 valence electrons. The highest BCUT2D eigenvalue weighted by Crippen LogP contribution is 2.25. The zero-order valence-corrected chi connectivity index (χ0v) is 17.2. The molecule has 1 rings (SSSR count). The summed E-state index contributed by atoms with van der Waals surface area (Å²) in [5.41, 5.74) is 0.0779. The van der Waals surface area contributed by atoms with Crippen molar-refractivity contribution in [2.24, 2.45) is 0 Å².